The first-order chi connectivity index (χ1) is 23.9. The Kier molecular flexibility index (Phi) is 8.57. The molecule has 0 bridgehead atoms. The first-order valence-corrected chi connectivity index (χ1v) is 16.0. The summed E-state index contributed by atoms with van der Waals surface area (Å²) < 4.78 is 17.2. The molecule has 4 aromatic heterocycles. The number of nitrogens with zero attached hydrogens (tertiary/aromatic N) is 4. The molecule has 9 rings (SSSR count). The van der Waals surface area contributed by atoms with Gasteiger partial charge < -0.3 is 14.0 Å². The normalized spacial score (nSPS) is 11.7. The van der Waals surface area contributed by atoms with Gasteiger partial charge in [-0.05, 0) is 54.4 Å². The summed E-state index contributed by atoms with van der Waals surface area (Å²) >= 11 is 0. The maximum Gasteiger partial charge on any atom is 0.121 e. The van der Waals surface area contributed by atoms with Crippen molar-refractivity contribution in [3.05, 3.63) is 157 Å². The fraction of sp³-hybridized carbons (Fsp3) is 0.0930. The molecule has 5 aromatic carbocycles. The quantitative estimate of drug-likeness (QED) is 0.166. The Balaban J connectivity index is 0.000000255. The molecule has 0 aliphatic carbocycles. The summed E-state index contributed by atoms with van der Waals surface area (Å²) in [6.45, 7) is 5.79. The third kappa shape index (κ3) is 5.95. The molecule has 0 aliphatic rings. The maximum absolute atomic E-state index is 8.46. The van der Waals surface area contributed by atoms with Crippen molar-refractivity contribution < 1.29 is 25.9 Å². The van der Waals surface area contributed by atoms with Gasteiger partial charge >= 0.3 is 0 Å². The van der Waals surface area contributed by atoms with E-state index >= 15 is 0 Å². The third-order valence-electron chi connectivity index (χ3n) is 8.57. The summed E-state index contributed by atoms with van der Waals surface area (Å²) in [4.78, 5) is 14.2. The molecule has 49 heavy (non-hydrogen) atoms. The van der Waals surface area contributed by atoms with Crippen molar-refractivity contribution in [2.45, 2.75) is 26.7 Å². The van der Waals surface area contributed by atoms with E-state index < -0.39 is 5.89 Å². The van der Waals surface area contributed by atoms with Gasteiger partial charge in [-0.3, -0.25) is 9.97 Å². The second-order valence-electron chi connectivity index (χ2n) is 11.9. The van der Waals surface area contributed by atoms with E-state index in [0.29, 0.717) is 0 Å². The molecule has 9 aromatic rings. The van der Waals surface area contributed by atoms with Gasteiger partial charge in [0.2, 0.25) is 0 Å². The molecule has 0 unspecified atom stereocenters. The van der Waals surface area contributed by atoms with Crippen LogP contribution in [0, 0.1) is 19.1 Å². The van der Waals surface area contributed by atoms with Gasteiger partial charge in [-0.2, -0.15) is 0 Å². The Morgan fingerprint density at radius 1 is 0.755 bits per heavy atom. The van der Waals surface area contributed by atoms with Crippen LogP contribution in [-0.4, -0.2) is 19.5 Å². The predicted molar refractivity (Wildman–Crippen MR) is 195 cm³/mol. The minimum atomic E-state index is -0.713. The monoisotopic (exact) mass is 814 g/mol. The van der Waals surface area contributed by atoms with Gasteiger partial charge in [0, 0.05) is 44.1 Å². The van der Waals surface area contributed by atoms with E-state index in [9.17, 15) is 0 Å². The van der Waals surface area contributed by atoms with E-state index in [1.807, 2.05) is 124 Å². The zero-order chi connectivity index (χ0) is 33.5. The number of rotatable bonds is 4. The van der Waals surface area contributed by atoms with E-state index in [0.717, 1.165) is 83.5 Å². The Labute approximate surface area is 300 Å². The number of aryl methyl sites for hydroxylation is 1. The third-order valence-corrected chi connectivity index (χ3v) is 8.57. The van der Waals surface area contributed by atoms with Gasteiger partial charge in [0.25, 0.3) is 0 Å². The molecular formula is C43H32IrN4O-2. The van der Waals surface area contributed by atoms with Crippen molar-refractivity contribution in [3.63, 3.8) is 0 Å². The summed E-state index contributed by atoms with van der Waals surface area (Å²) in [5.74, 6) is 0.0442. The molecule has 0 spiro atoms. The van der Waals surface area contributed by atoms with Gasteiger partial charge in [-0.15, -0.1) is 54.1 Å². The Morgan fingerprint density at radius 2 is 1.55 bits per heavy atom. The summed E-state index contributed by atoms with van der Waals surface area (Å²) in [6, 6.07) is 48.8. The number of imidazole rings is 1. The van der Waals surface area contributed by atoms with Crippen molar-refractivity contribution in [3.8, 4) is 28.3 Å². The maximum atomic E-state index is 8.46. The first-order valence-electron chi connectivity index (χ1n) is 16.5. The van der Waals surface area contributed by atoms with E-state index in [2.05, 4.69) is 45.9 Å². The number of furan rings is 1. The number of para-hydroxylation sites is 2. The summed E-state index contributed by atoms with van der Waals surface area (Å²) in [5.41, 5.74) is 9.92. The average molecular weight is 814 g/mol. The molecule has 5 nitrogen and oxygen atoms in total. The van der Waals surface area contributed by atoms with E-state index in [4.69, 9.17) is 15.8 Å². The van der Waals surface area contributed by atoms with Crippen LogP contribution in [-0.2, 0) is 20.1 Å². The number of hydrogen-bond acceptors (Lipinski definition) is 4. The second kappa shape index (κ2) is 13.6. The first kappa shape index (κ1) is 30.9. The average Bonchev–Trinajstić information content (AvgIpc) is 3.73. The van der Waals surface area contributed by atoms with Crippen molar-refractivity contribution in [2.24, 2.45) is 0 Å². The van der Waals surface area contributed by atoms with Gasteiger partial charge in [0.05, 0.1) is 33.7 Å². The van der Waals surface area contributed by atoms with Crippen LogP contribution in [0.3, 0.4) is 0 Å². The predicted octanol–water partition coefficient (Wildman–Crippen LogP) is 10.9. The van der Waals surface area contributed by atoms with Gasteiger partial charge in [-0.25, -0.2) is 0 Å². The van der Waals surface area contributed by atoms with Crippen LogP contribution in [0.25, 0.3) is 72.2 Å². The topological polar surface area (TPSA) is 56.7 Å². The second-order valence-corrected chi connectivity index (χ2v) is 11.9. The number of fused-ring (bicyclic) bond motifs is 6. The van der Waals surface area contributed by atoms with E-state index in [1.165, 1.54) is 0 Å². The molecule has 0 amide bonds. The number of aromatic nitrogens is 4. The number of hydrogen-bond donors (Lipinski definition) is 0. The standard InChI is InChI=1S/C32H24N3O.C11H8N.Ir/c1-19(2)21-16-17-23-24-13-9-14-26(31(24)36-28(23)18-21)32-34-29-20(3)33-27-15-8-7-12-25(27)30(29)35(32)22-10-5-4-6-11-22;1-2-6-10(7-3-1)11-8-4-5-9-12-11;/h4-13,15-19H,1-3H3;1-6,8-9H;/q2*-1;/i19D;;. The smallest absolute Gasteiger partial charge is 0.121 e. The molecule has 6 heteroatoms. The number of benzene rings is 5. The van der Waals surface area contributed by atoms with Crippen LogP contribution in [0.5, 0.6) is 0 Å². The zero-order valence-electron chi connectivity index (χ0n) is 28.2. The molecule has 241 valence electrons. The van der Waals surface area contributed by atoms with E-state index in [-0.39, 0.29) is 20.1 Å². The fourth-order valence-corrected chi connectivity index (χ4v) is 6.22. The zero-order valence-corrected chi connectivity index (χ0v) is 29.6. The van der Waals surface area contributed by atoms with Crippen LogP contribution in [0.2, 0.25) is 0 Å². The SMILES string of the molecule is [2H]C(C)(C)c1ccc2c(c1)oc1c(-c3nc4c(C)nc5ccccc5c4n3-c3ccccc3)[c-]ccc12.[Ir].[c-]1ccccc1-c1ccccn1. The van der Waals surface area contributed by atoms with Crippen LogP contribution in [0.4, 0.5) is 0 Å². The molecule has 0 saturated heterocycles. The molecular weight excluding hydrogens is 781 g/mol. The van der Waals surface area contributed by atoms with Crippen LogP contribution >= 0.6 is 0 Å². The molecule has 1 radical (unpaired) electrons. The van der Waals surface area contributed by atoms with Crippen molar-refractivity contribution >= 4 is 43.9 Å². The molecule has 0 fully saturated rings. The van der Waals surface area contributed by atoms with Gasteiger partial charge in [0.1, 0.15) is 5.58 Å². The van der Waals surface area contributed by atoms with Gasteiger partial charge in [0.15, 0.2) is 0 Å². The van der Waals surface area contributed by atoms with Crippen LogP contribution in [0.15, 0.2) is 138 Å². The molecule has 0 N–H and O–H groups in total. The van der Waals surface area contributed by atoms with Crippen molar-refractivity contribution in [2.75, 3.05) is 0 Å². The van der Waals surface area contributed by atoms with Crippen LogP contribution < -0.4 is 0 Å². The Morgan fingerprint density at radius 3 is 2.33 bits per heavy atom. The minimum Gasteiger partial charge on any atom is -0.501 e. The molecule has 0 saturated carbocycles. The summed E-state index contributed by atoms with van der Waals surface area (Å²) in [6.07, 6.45) is 1.79. The van der Waals surface area contributed by atoms with Crippen molar-refractivity contribution in [1.82, 2.24) is 19.5 Å². The Hall–Kier alpha value is -5.42. The fourth-order valence-electron chi connectivity index (χ4n) is 6.22. The van der Waals surface area contributed by atoms with Crippen LogP contribution in [0.1, 0.15) is 32.4 Å². The molecule has 0 aliphatic heterocycles. The van der Waals surface area contributed by atoms with Gasteiger partial charge in [-0.1, -0.05) is 85.5 Å². The molecule has 4 heterocycles. The minimum absolute atomic E-state index is 0. The molecule has 0 atom stereocenters. The van der Waals surface area contributed by atoms with E-state index in [1.54, 1.807) is 6.20 Å². The largest absolute Gasteiger partial charge is 0.501 e. The van der Waals surface area contributed by atoms with Crippen molar-refractivity contribution in [1.29, 1.82) is 0 Å². The Bertz CT molecular complexity index is 2560. The summed E-state index contributed by atoms with van der Waals surface area (Å²) in [7, 11) is 0. The number of pyridine rings is 2. The summed E-state index contributed by atoms with van der Waals surface area (Å²) in [5, 5.41) is 3.07.